The zero-order chi connectivity index (χ0) is 8.43. The molecule has 0 aliphatic heterocycles. The lowest BCUT2D eigenvalue weighted by Gasteiger charge is -2.20. The molecule has 2 atom stereocenters. The molecule has 0 saturated heterocycles. The van der Waals surface area contributed by atoms with Gasteiger partial charge in [-0.1, -0.05) is 13.8 Å². The highest BCUT2D eigenvalue weighted by molar-refractivity contribution is 5.23. The van der Waals surface area contributed by atoms with E-state index >= 15 is 0 Å². The van der Waals surface area contributed by atoms with E-state index in [1.165, 1.54) is 6.08 Å². The quantitative estimate of drug-likeness (QED) is 0.548. The van der Waals surface area contributed by atoms with Gasteiger partial charge in [-0.05, 0) is 18.4 Å². The van der Waals surface area contributed by atoms with Crippen molar-refractivity contribution in [2.45, 2.75) is 20.3 Å². The average Bonchev–Trinajstić information content (AvgIpc) is 1.96. The van der Waals surface area contributed by atoms with Crippen LogP contribution in [0.25, 0.3) is 0 Å². The summed E-state index contributed by atoms with van der Waals surface area (Å²) in [6.45, 7) is 3.71. The Hall–Kier alpha value is -0.660. The Morgan fingerprint density at radius 3 is 2.64 bits per heavy atom. The van der Waals surface area contributed by atoms with Gasteiger partial charge in [-0.2, -0.15) is 0 Å². The summed E-state index contributed by atoms with van der Waals surface area (Å²) >= 11 is 0. The minimum atomic E-state index is -0.438. The summed E-state index contributed by atoms with van der Waals surface area (Å²) in [7, 11) is 0. The molecule has 62 valence electrons. The van der Waals surface area contributed by atoms with Gasteiger partial charge in [0.15, 0.2) is 0 Å². The smallest absolute Gasteiger partial charge is 0.122 e. The maximum Gasteiger partial charge on any atom is 0.122 e. The van der Waals surface area contributed by atoms with E-state index in [0.29, 0.717) is 0 Å². The zero-order valence-electron chi connectivity index (χ0n) is 6.77. The van der Waals surface area contributed by atoms with E-state index in [0.717, 1.165) is 12.5 Å². The predicted molar refractivity (Wildman–Crippen MR) is 41.3 cm³/mol. The minimum absolute atomic E-state index is 0.0278. The highest BCUT2D eigenvalue weighted by atomic mass is 19.1. The van der Waals surface area contributed by atoms with Gasteiger partial charge in [0.2, 0.25) is 0 Å². The van der Waals surface area contributed by atoms with Crippen molar-refractivity contribution >= 4 is 0 Å². The second-order valence-corrected chi connectivity index (χ2v) is 2.94. The summed E-state index contributed by atoms with van der Waals surface area (Å²) in [5, 5.41) is 0. The highest BCUT2D eigenvalue weighted by Gasteiger charge is 2.22. The van der Waals surface area contributed by atoms with Crippen molar-refractivity contribution < 1.29 is 8.78 Å². The van der Waals surface area contributed by atoms with E-state index in [1.807, 2.05) is 6.92 Å². The number of hydrogen-bond donors (Lipinski definition) is 0. The van der Waals surface area contributed by atoms with Crippen molar-refractivity contribution in [2.75, 3.05) is 0 Å². The monoisotopic (exact) mass is 158 g/mol. The standard InChI is InChI=1S/C9H12F2/c1-3-7-4-8(10)5-9(11)6(7)2/h4-7H,3H2,1-2H3/t6-,7?/m1/s1. The maximum atomic E-state index is 12.8. The Morgan fingerprint density at radius 2 is 2.09 bits per heavy atom. The highest BCUT2D eigenvalue weighted by Crippen LogP contribution is 2.31. The second kappa shape index (κ2) is 3.16. The molecule has 0 N–H and O–H groups in total. The number of rotatable bonds is 1. The first-order chi connectivity index (χ1) is 5.15. The molecule has 0 heterocycles. The first-order valence-electron chi connectivity index (χ1n) is 3.89. The van der Waals surface area contributed by atoms with Crippen LogP contribution in [-0.2, 0) is 0 Å². The molecule has 0 bridgehead atoms. The Morgan fingerprint density at radius 1 is 1.45 bits per heavy atom. The molecule has 1 unspecified atom stereocenters. The van der Waals surface area contributed by atoms with E-state index in [1.54, 1.807) is 6.92 Å². The van der Waals surface area contributed by atoms with Crippen LogP contribution in [0.3, 0.4) is 0 Å². The molecular formula is C9H12F2. The van der Waals surface area contributed by atoms with Crippen LogP contribution < -0.4 is 0 Å². The van der Waals surface area contributed by atoms with Gasteiger partial charge in [0, 0.05) is 12.0 Å². The number of hydrogen-bond acceptors (Lipinski definition) is 0. The van der Waals surface area contributed by atoms with Gasteiger partial charge in [-0.25, -0.2) is 8.78 Å². The number of allylic oxidation sites excluding steroid dienone is 4. The van der Waals surface area contributed by atoms with Gasteiger partial charge >= 0.3 is 0 Å². The summed E-state index contributed by atoms with van der Waals surface area (Å²) in [4.78, 5) is 0. The Labute approximate surface area is 65.6 Å². The van der Waals surface area contributed by atoms with Crippen LogP contribution in [0.15, 0.2) is 23.8 Å². The first-order valence-corrected chi connectivity index (χ1v) is 3.89. The fourth-order valence-corrected chi connectivity index (χ4v) is 1.34. The SMILES string of the molecule is CCC1C=C(F)C=C(F)[C@@H]1C. The van der Waals surface area contributed by atoms with Crippen molar-refractivity contribution in [3.63, 3.8) is 0 Å². The van der Waals surface area contributed by atoms with Crippen LogP contribution in [0.4, 0.5) is 8.78 Å². The van der Waals surface area contributed by atoms with Crippen molar-refractivity contribution in [3.05, 3.63) is 23.8 Å². The van der Waals surface area contributed by atoms with Crippen molar-refractivity contribution in [1.82, 2.24) is 0 Å². The summed E-state index contributed by atoms with van der Waals surface area (Å²) < 4.78 is 25.4. The molecule has 0 fully saturated rings. The molecule has 1 rings (SSSR count). The van der Waals surface area contributed by atoms with E-state index in [4.69, 9.17) is 0 Å². The van der Waals surface area contributed by atoms with Crippen LogP contribution in [0.2, 0.25) is 0 Å². The molecule has 0 radical (unpaired) electrons. The Bertz CT molecular complexity index is 204. The average molecular weight is 158 g/mol. The number of halogens is 2. The molecule has 0 nitrogen and oxygen atoms in total. The molecule has 0 aromatic rings. The van der Waals surface area contributed by atoms with Crippen molar-refractivity contribution in [2.24, 2.45) is 11.8 Å². The lowest BCUT2D eigenvalue weighted by atomic mass is 9.87. The van der Waals surface area contributed by atoms with Crippen LogP contribution in [0.5, 0.6) is 0 Å². The molecule has 11 heavy (non-hydrogen) atoms. The molecule has 0 amide bonds. The topological polar surface area (TPSA) is 0 Å². The summed E-state index contributed by atoms with van der Waals surface area (Å²) in [6, 6.07) is 0. The van der Waals surface area contributed by atoms with Crippen LogP contribution in [0.1, 0.15) is 20.3 Å². The van der Waals surface area contributed by atoms with E-state index in [9.17, 15) is 8.78 Å². The van der Waals surface area contributed by atoms with E-state index in [2.05, 4.69) is 0 Å². The Balaban J connectivity index is 2.81. The zero-order valence-corrected chi connectivity index (χ0v) is 6.77. The lowest BCUT2D eigenvalue weighted by Crippen LogP contribution is -2.12. The van der Waals surface area contributed by atoms with Crippen molar-refractivity contribution in [1.29, 1.82) is 0 Å². The fourth-order valence-electron chi connectivity index (χ4n) is 1.34. The summed E-state index contributed by atoms with van der Waals surface area (Å²) in [5.74, 6) is -0.899. The van der Waals surface area contributed by atoms with Gasteiger partial charge in [-0.3, -0.25) is 0 Å². The third-order valence-electron chi connectivity index (χ3n) is 2.20. The largest absolute Gasteiger partial charge is 0.211 e. The molecule has 2 heteroatoms. The summed E-state index contributed by atoms with van der Waals surface area (Å²) in [6.07, 6.45) is 3.25. The molecule has 0 saturated carbocycles. The first kappa shape index (κ1) is 8.44. The molecule has 0 spiro atoms. The maximum absolute atomic E-state index is 12.8. The lowest BCUT2D eigenvalue weighted by molar-refractivity contribution is 0.375. The minimum Gasteiger partial charge on any atom is -0.211 e. The fraction of sp³-hybridized carbons (Fsp3) is 0.556. The van der Waals surface area contributed by atoms with Crippen molar-refractivity contribution in [3.8, 4) is 0 Å². The predicted octanol–water partition coefficient (Wildman–Crippen LogP) is 3.37. The van der Waals surface area contributed by atoms with Crippen LogP contribution in [-0.4, -0.2) is 0 Å². The third-order valence-corrected chi connectivity index (χ3v) is 2.20. The normalized spacial score (nSPS) is 31.3. The molecule has 1 aliphatic carbocycles. The molecule has 0 aromatic heterocycles. The van der Waals surface area contributed by atoms with Crippen LogP contribution in [0, 0.1) is 11.8 Å². The summed E-state index contributed by atoms with van der Waals surface area (Å²) in [5.41, 5.74) is 0. The second-order valence-electron chi connectivity index (χ2n) is 2.94. The van der Waals surface area contributed by atoms with Gasteiger partial charge in [0.05, 0.1) is 0 Å². The molecule has 0 aromatic carbocycles. The molecular weight excluding hydrogens is 146 g/mol. The van der Waals surface area contributed by atoms with E-state index < -0.39 is 5.83 Å². The van der Waals surface area contributed by atoms with E-state index in [-0.39, 0.29) is 17.7 Å². The van der Waals surface area contributed by atoms with Gasteiger partial charge in [-0.15, -0.1) is 0 Å². The van der Waals surface area contributed by atoms with Gasteiger partial charge in [0.1, 0.15) is 11.7 Å². The van der Waals surface area contributed by atoms with Gasteiger partial charge in [0.25, 0.3) is 0 Å². The Kier molecular flexibility index (Phi) is 2.42. The van der Waals surface area contributed by atoms with Gasteiger partial charge < -0.3 is 0 Å². The molecule has 1 aliphatic rings. The third kappa shape index (κ3) is 1.67. The van der Waals surface area contributed by atoms with Crippen LogP contribution >= 0.6 is 0 Å².